The molecule has 0 saturated heterocycles. The minimum Gasteiger partial charge on any atom is -0.299 e. The van der Waals surface area contributed by atoms with Gasteiger partial charge in [0.25, 0.3) is 0 Å². The lowest BCUT2D eigenvalue weighted by Gasteiger charge is -2.29. The molecule has 1 atom stereocenters. The molecule has 1 aromatic rings. The molecule has 0 fully saturated rings. The summed E-state index contributed by atoms with van der Waals surface area (Å²) in [4.78, 5) is 12.5. The van der Waals surface area contributed by atoms with Crippen molar-refractivity contribution in [3.63, 3.8) is 0 Å². The second kappa shape index (κ2) is 5.69. The fourth-order valence-electron chi connectivity index (χ4n) is 2.52. The smallest absolute Gasteiger partial charge is 0.144 e. The fourth-order valence-corrected chi connectivity index (χ4v) is 2.52. The number of ketones is 1. The number of carbonyl (C=O) groups excluding carboxylic acids is 1. The first kappa shape index (κ1) is 12.6. The maximum Gasteiger partial charge on any atom is 0.144 e. The molecule has 0 N–H and O–H groups in total. The number of rotatable bonds is 2. The van der Waals surface area contributed by atoms with Gasteiger partial charge < -0.3 is 0 Å². The molecule has 0 saturated carbocycles. The molecular formula is C17H18O. The summed E-state index contributed by atoms with van der Waals surface area (Å²) in [5.41, 5.74) is 0.668. The zero-order valence-corrected chi connectivity index (χ0v) is 10.8. The monoisotopic (exact) mass is 238 g/mol. The van der Waals surface area contributed by atoms with Crippen LogP contribution in [0.15, 0.2) is 42.5 Å². The van der Waals surface area contributed by atoms with Crippen molar-refractivity contribution in [2.45, 2.75) is 38.0 Å². The molecule has 0 heterocycles. The fraction of sp³-hybridized carbons (Fsp3) is 0.353. The van der Waals surface area contributed by atoms with Crippen LogP contribution in [0.1, 0.15) is 38.2 Å². The molecule has 1 unspecified atom stereocenters. The van der Waals surface area contributed by atoms with Crippen LogP contribution >= 0.6 is 0 Å². The van der Waals surface area contributed by atoms with E-state index < -0.39 is 5.41 Å². The molecule has 1 aliphatic rings. The van der Waals surface area contributed by atoms with E-state index in [1.54, 1.807) is 0 Å². The van der Waals surface area contributed by atoms with Crippen molar-refractivity contribution in [2.75, 3.05) is 0 Å². The summed E-state index contributed by atoms with van der Waals surface area (Å²) in [5.74, 6) is 6.36. The SMILES string of the molecule is CC#CCC1(c2ccccc2)CC=CCCC1=O. The molecule has 0 spiro atoms. The number of carbonyl (C=O) groups is 1. The largest absolute Gasteiger partial charge is 0.299 e. The van der Waals surface area contributed by atoms with Gasteiger partial charge in [-0.3, -0.25) is 4.79 Å². The highest BCUT2D eigenvalue weighted by Crippen LogP contribution is 2.36. The van der Waals surface area contributed by atoms with Crippen LogP contribution in [0.2, 0.25) is 0 Å². The van der Waals surface area contributed by atoms with E-state index >= 15 is 0 Å². The third-order valence-corrected chi connectivity index (χ3v) is 3.60. The standard InChI is InChI=1S/C17H18O/c1-2-3-13-17(15-10-6-4-7-11-15)14-9-5-8-12-16(17)18/h4-7,9-11H,8,12-14H2,1H3. The van der Waals surface area contributed by atoms with Gasteiger partial charge in [0.15, 0.2) is 0 Å². The maximum absolute atomic E-state index is 12.5. The first-order chi connectivity index (χ1) is 8.79. The lowest BCUT2D eigenvalue weighted by atomic mass is 9.71. The van der Waals surface area contributed by atoms with Crippen LogP contribution in [0.3, 0.4) is 0 Å². The molecule has 0 aliphatic heterocycles. The van der Waals surface area contributed by atoms with Crippen molar-refractivity contribution < 1.29 is 4.79 Å². The van der Waals surface area contributed by atoms with E-state index in [0.717, 1.165) is 18.4 Å². The second-order valence-electron chi connectivity index (χ2n) is 4.69. The highest BCUT2D eigenvalue weighted by atomic mass is 16.1. The molecule has 0 bridgehead atoms. The topological polar surface area (TPSA) is 17.1 Å². The van der Waals surface area contributed by atoms with Gasteiger partial charge in [-0.2, -0.15) is 0 Å². The third-order valence-electron chi connectivity index (χ3n) is 3.60. The molecule has 18 heavy (non-hydrogen) atoms. The lowest BCUT2D eigenvalue weighted by molar-refractivity contribution is -0.124. The third kappa shape index (κ3) is 2.38. The van der Waals surface area contributed by atoms with Gasteiger partial charge in [-0.25, -0.2) is 0 Å². The average molecular weight is 238 g/mol. The van der Waals surface area contributed by atoms with E-state index in [1.807, 2.05) is 25.1 Å². The zero-order valence-electron chi connectivity index (χ0n) is 10.8. The Bertz CT molecular complexity index is 501. The van der Waals surface area contributed by atoms with E-state index in [4.69, 9.17) is 0 Å². The van der Waals surface area contributed by atoms with Crippen LogP contribution in [0.5, 0.6) is 0 Å². The molecule has 92 valence electrons. The minimum atomic E-state index is -0.433. The predicted octanol–water partition coefficient (Wildman–Crippen LogP) is 3.65. The Hall–Kier alpha value is -1.81. The zero-order chi connectivity index (χ0) is 12.8. The number of allylic oxidation sites excluding steroid dienone is 2. The number of hydrogen-bond donors (Lipinski definition) is 0. The Labute approximate surface area is 109 Å². The van der Waals surface area contributed by atoms with Crippen molar-refractivity contribution in [3.05, 3.63) is 48.0 Å². The first-order valence-electron chi connectivity index (χ1n) is 6.43. The molecule has 1 aromatic carbocycles. The van der Waals surface area contributed by atoms with Crippen LogP contribution < -0.4 is 0 Å². The molecule has 0 amide bonds. The summed E-state index contributed by atoms with van der Waals surface area (Å²) >= 11 is 0. The average Bonchev–Trinajstić information content (AvgIpc) is 2.60. The Morgan fingerprint density at radius 1 is 1.22 bits per heavy atom. The van der Waals surface area contributed by atoms with Gasteiger partial charge in [-0.15, -0.1) is 11.8 Å². The van der Waals surface area contributed by atoms with Crippen molar-refractivity contribution in [3.8, 4) is 11.8 Å². The van der Waals surface area contributed by atoms with Crippen LogP contribution in [-0.2, 0) is 10.2 Å². The summed E-state index contributed by atoms with van der Waals surface area (Å²) in [6.45, 7) is 1.83. The first-order valence-corrected chi connectivity index (χ1v) is 6.43. The van der Waals surface area contributed by atoms with Gasteiger partial charge in [-0.05, 0) is 25.3 Å². The van der Waals surface area contributed by atoms with Crippen molar-refractivity contribution >= 4 is 5.78 Å². The van der Waals surface area contributed by atoms with E-state index in [2.05, 4.69) is 36.1 Å². The predicted molar refractivity (Wildman–Crippen MR) is 74.2 cm³/mol. The van der Waals surface area contributed by atoms with E-state index in [1.165, 1.54) is 0 Å². The normalized spacial score (nSPS) is 23.1. The Morgan fingerprint density at radius 2 is 2.00 bits per heavy atom. The summed E-state index contributed by atoms with van der Waals surface area (Å²) in [6, 6.07) is 10.1. The molecule has 0 radical (unpaired) electrons. The van der Waals surface area contributed by atoms with Crippen molar-refractivity contribution in [1.29, 1.82) is 0 Å². The number of hydrogen-bond acceptors (Lipinski definition) is 1. The molecule has 1 nitrogen and oxygen atoms in total. The van der Waals surface area contributed by atoms with Crippen LogP contribution in [0.25, 0.3) is 0 Å². The summed E-state index contributed by atoms with van der Waals surface area (Å²) in [6.07, 6.45) is 7.11. The summed E-state index contributed by atoms with van der Waals surface area (Å²) in [5, 5.41) is 0. The van der Waals surface area contributed by atoms with Gasteiger partial charge in [-0.1, -0.05) is 42.5 Å². The number of benzene rings is 1. The van der Waals surface area contributed by atoms with Gasteiger partial charge in [0.1, 0.15) is 5.78 Å². The molecule has 2 rings (SSSR count). The van der Waals surface area contributed by atoms with E-state index in [9.17, 15) is 4.79 Å². The highest BCUT2D eigenvalue weighted by Gasteiger charge is 2.38. The Kier molecular flexibility index (Phi) is 3.99. The van der Waals surface area contributed by atoms with Gasteiger partial charge in [0, 0.05) is 12.8 Å². The number of Topliss-reactive ketones (excluding diaryl/α,β-unsaturated/α-hetero) is 1. The van der Waals surface area contributed by atoms with Crippen LogP contribution in [-0.4, -0.2) is 5.78 Å². The maximum atomic E-state index is 12.5. The van der Waals surface area contributed by atoms with Crippen LogP contribution in [0.4, 0.5) is 0 Å². The Balaban J connectivity index is 2.47. The van der Waals surface area contributed by atoms with Crippen molar-refractivity contribution in [2.24, 2.45) is 0 Å². The Morgan fingerprint density at radius 3 is 2.72 bits per heavy atom. The molecule has 0 aromatic heterocycles. The highest BCUT2D eigenvalue weighted by molar-refractivity contribution is 5.91. The van der Waals surface area contributed by atoms with E-state index in [0.29, 0.717) is 18.6 Å². The molecule has 1 aliphatic carbocycles. The van der Waals surface area contributed by atoms with E-state index in [-0.39, 0.29) is 0 Å². The minimum absolute atomic E-state index is 0.321. The molecule has 1 heteroatoms. The van der Waals surface area contributed by atoms with Gasteiger partial charge in [0.2, 0.25) is 0 Å². The quantitative estimate of drug-likeness (QED) is 0.568. The molecular weight excluding hydrogens is 220 g/mol. The van der Waals surface area contributed by atoms with Crippen molar-refractivity contribution in [1.82, 2.24) is 0 Å². The second-order valence-corrected chi connectivity index (χ2v) is 4.69. The summed E-state index contributed by atoms with van der Waals surface area (Å²) < 4.78 is 0. The lowest BCUT2D eigenvalue weighted by Crippen LogP contribution is -2.34. The summed E-state index contributed by atoms with van der Waals surface area (Å²) in [7, 11) is 0. The van der Waals surface area contributed by atoms with Crippen LogP contribution in [0, 0.1) is 11.8 Å². The van der Waals surface area contributed by atoms with Gasteiger partial charge >= 0.3 is 0 Å². The van der Waals surface area contributed by atoms with Gasteiger partial charge in [0.05, 0.1) is 5.41 Å².